The van der Waals surface area contributed by atoms with E-state index in [2.05, 4.69) is 26.3 Å². The van der Waals surface area contributed by atoms with Crippen molar-refractivity contribution in [2.45, 2.75) is 88.9 Å². The summed E-state index contributed by atoms with van der Waals surface area (Å²) in [5.41, 5.74) is 2.39. The molecule has 5 atom stereocenters. The van der Waals surface area contributed by atoms with Crippen LogP contribution in [-0.4, -0.2) is 96.0 Å². The molecular weight excluding hydrogens is 703 g/mol. The van der Waals surface area contributed by atoms with Crippen LogP contribution in [0.1, 0.15) is 52.2 Å². The highest BCUT2D eigenvalue weighted by molar-refractivity contribution is 7.92. The molecule has 53 heavy (non-hydrogen) atoms. The summed E-state index contributed by atoms with van der Waals surface area (Å²) < 4.78 is 28.3. The maximum atomic E-state index is 13.8. The zero-order valence-electron chi connectivity index (χ0n) is 31.1. The van der Waals surface area contributed by atoms with Gasteiger partial charge < -0.3 is 36.2 Å². The molecule has 6 N–H and O–H groups in total. The van der Waals surface area contributed by atoms with Gasteiger partial charge in [-0.15, -0.1) is 0 Å². The van der Waals surface area contributed by atoms with Gasteiger partial charge in [-0.3, -0.25) is 14.6 Å². The predicted octanol–water partition coefficient (Wildman–Crippen LogP) is 3.48. The molecule has 0 aliphatic carbocycles. The van der Waals surface area contributed by atoms with E-state index in [1.807, 2.05) is 60.7 Å². The van der Waals surface area contributed by atoms with Crippen molar-refractivity contribution >= 4 is 33.8 Å². The van der Waals surface area contributed by atoms with Crippen LogP contribution in [0.4, 0.5) is 9.59 Å². The van der Waals surface area contributed by atoms with Crippen molar-refractivity contribution in [2.75, 3.05) is 13.4 Å². The van der Waals surface area contributed by atoms with E-state index in [1.165, 1.54) is 21.0 Å². The number of carbonyl (C=O) groups excluding carboxylic acids is 3. The first-order valence-electron chi connectivity index (χ1n) is 17.1. The lowest BCUT2D eigenvalue weighted by Crippen LogP contribution is -2.62. The number of nitrogens with one attached hydrogen (secondary N) is 4. The van der Waals surface area contributed by atoms with Gasteiger partial charge in [0.05, 0.1) is 29.7 Å². The monoisotopic (exact) mass is 753 g/mol. The number of methoxy groups -OCH3 is 1. The number of alkyl carbamates (subject to hydrolysis) is 1. The first-order valence-corrected chi connectivity index (χ1v) is 19.0. The molecule has 1 heterocycles. The summed E-state index contributed by atoms with van der Waals surface area (Å²) in [5.74, 6) is -1.49. The van der Waals surface area contributed by atoms with Crippen LogP contribution in [0.3, 0.4) is 0 Å². The number of aliphatic hydroxyl groups excluding tert-OH is 1. The first kappa shape index (κ1) is 42.4. The Morgan fingerprint density at radius 3 is 1.89 bits per heavy atom. The molecule has 1 aromatic heterocycles. The van der Waals surface area contributed by atoms with E-state index in [0.717, 1.165) is 28.6 Å². The minimum atomic E-state index is -3.95. The number of carbonyl (C=O) groups is 4. The van der Waals surface area contributed by atoms with Crippen LogP contribution in [0.5, 0.6) is 0 Å². The molecule has 14 nitrogen and oxygen atoms in total. The highest BCUT2D eigenvalue weighted by Gasteiger charge is 2.45. The van der Waals surface area contributed by atoms with E-state index in [-0.39, 0.29) is 19.3 Å². The normalized spacial score (nSPS) is 14.8. The van der Waals surface area contributed by atoms with Crippen LogP contribution in [0.25, 0.3) is 11.3 Å². The summed E-state index contributed by atoms with van der Waals surface area (Å²) in [6, 6.07) is 17.5. The van der Waals surface area contributed by atoms with Gasteiger partial charge in [0.15, 0.2) is 9.84 Å². The summed E-state index contributed by atoms with van der Waals surface area (Å²) in [6.07, 6.45) is -0.930. The SMILES string of the molecule is COC(=O)N[C@H](C(=O)N[C@@H](Cc1ccc(-c2ccccn2)cc1)C(O)C[C@H](Cc1ccccc1)NC(=O)[C@@H](NC(=O)O)C(C)(C)S(C)(=O)=O)C(C)(C)C. The number of nitrogens with zero attached hydrogens (tertiary/aromatic N) is 1. The minimum absolute atomic E-state index is 0.138. The van der Waals surface area contributed by atoms with Crippen molar-refractivity contribution in [2.24, 2.45) is 5.41 Å². The van der Waals surface area contributed by atoms with E-state index in [1.54, 1.807) is 39.1 Å². The van der Waals surface area contributed by atoms with Crippen LogP contribution >= 0.6 is 0 Å². The Hall–Kier alpha value is -5.02. The number of ether oxygens (including phenoxy) is 1. The summed E-state index contributed by atoms with van der Waals surface area (Å²) in [4.78, 5) is 55.9. The molecule has 3 rings (SSSR count). The number of carboxylic acid groups (broad SMARTS) is 1. The topological polar surface area (TPSA) is 213 Å². The Morgan fingerprint density at radius 2 is 1.36 bits per heavy atom. The molecule has 3 aromatic rings. The third-order valence-corrected chi connectivity index (χ3v) is 11.3. The van der Waals surface area contributed by atoms with E-state index >= 15 is 0 Å². The third-order valence-electron chi connectivity index (χ3n) is 9.12. The van der Waals surface area contributed by atoms with Gasteiger partial charge in [0.2, 0.25) is 11.8 Å². The molecule has 0 fully saturated rings. The smallest absolute Gasteiger partial charge is 0.407 e. The lowest BCUT2D eigenvalue weighted by atomic mass is 9.85. The van der Waals surface area contributed by atoms with Crippen LogP contribution in [0.15, 0.2) is 79.0 Å². The molecule has 1 unspecified atom stereocenters. The number of sulfone groups is 1. The molecule has 0 radical (unpaired) electrons. The fourth-order valence-corrected chi connectivity index (χ4v) is 6.32. The average molecular weight is 754 g/mol. The van der Waals surface area contributed by atoms with E-state index in [0.29, 0.717) is 0 Å². The molecule has 0 aliphatic heterocycles. The van der Waals surface area contributed by atoms with Crippen molar-refractivity contribution in [3.8, 4) is 11.3 Å². The molecule has 0 bridgehead atoms. The largest absolute Gasteiger partial charge is 0.465 e. The van der Waals surface area contributed by atoms with Crippen molar-refractivity contribution in [1.82, 2.24) is 26.3 Å². The highest BCUT2D eigenvalue weighted by Crippen LogP contribution is 2.24. The number of rotatable bonds is 16. The van der Waals surface area contributed by atoms with Gasteiger partial charge in [-0.1, -0.05) is 81.4 Å². The standard InChI is InChI=1S/C38H51N5O9S/c1-37(2,3)31(43-36(49)52-6)33(45)41-29(22-25-16-18-26(19-17-25)28-15-11-12-20-39-28)30(44)23-27(21-24-13-9-8-10-14-24)40-34(46)32(42-35(47)48)38(4,5)53(7,50)51/h8-20,27,29-32,42,44H,21-23H2,1-7H3,(H,40,46)(H,41,45)(H,43,49)(H,47,48)/t27-,29-,30?,31+,32+/m0/s1. The zero-order valence-corrected chi connectivity index (χ0v) is 31.9. The van der Waals surface area contributed by atoms with Crippen LogP contribution < -0.4 is 21.3 Å². The first-order chi connectivity index (χ1) is 24.7. The van der Waals surface area contributed by atoms with E-state index in [9.17, 15) is 37.8 Å². The van der Waals surface area contributed by atoms with Crippen molar-refractivity contribution in [3.05, 3.63) is 90.1 Å². The maximum absolute atomic E-state index is 13.8. The molecule has 0 spiro atoms. The Labute approximate surface area is 311 Å². The van der Waals surface area contributed by atoms with Gasteiger partial charge >= 0.3 is 12.2 Å². The summed E-state index contributed by atoms with van der Waals surface area (Å²) in [7, 11) is -2.77. The number of hydrogen-bond acceptors (Lipinski definition) is 9. The fourth-order valence-electron chi connectivity index (χ4n) is 5.73. The van der Waals surface area contributed by atoms with Gasteiger partial charge in [-0.2, -0.15) is 0 Å². The average Bonchev–Trinajstić information content (AvgIpc) is 3.08. The van der Waals surface area contributed by atoms with Crippen LogP contribution in [0.2, 0.25) is 0 Å². The van der Waals surface area contributed by atoms with Gasteiger partial charge in [-0.25, -0.2) is 18.0 Å². The number of aromatic nitrogens is 1. The van der Waals surface area contributed by atoms with Gasteiger partial charge in [-0.05, 0) is 61.8 Å². The Morgan fingerprint density at radius 1 is 0.774 bits per heavy atom. The number of benzene rings is 2. The van der Waals surface area contributed by atoms with Gasteiger partial charge in [0, 0.05) is 24.1 Å². The molecule has 0 aliphatic rings. The predicted molar refractivity (Wildman–Crippen MR) is 201 cm³/mol. The number of aliphatic hydroxyl groups is 1. The van der Waals surface area contributed by atoms with E-state index in [4.69, 9.17) is 4.74 Å². The molecule has 0 saturated heterocycles. The summed E-state index contributed by atoms with van der Waals surface area (Å²) >= 11 is 0. The quantitative estimate of drug-likeness (QED) is 0.125. The molecule has 4 amide bonds. The van der Waals surface area contributed by atoms with Crippen LogP contribution in [-0.2, 0) is 37.0 Å². The van der Waals surface area contributed by atoms with Gasteiger partial charge in [0.1, 0.15) is 12.1 Å². The third kappa shape index (κ3) is 12.3. The Bertz CT molecular complexity index is 1800. The van der Waals surface area contributed by atoms with Crippen LogP contribution in [0, 0.1) is 5.41 Å². The van der Waals surface area contributed by atoms with Crippen molar-refractivity contribution in [1.29, 1.82) is 0 Å². The second kappa shape index (κ2) is 18.1. The number of amides is 4. The summed E-state index contributed by atoms with van der Waals surface area (Å²) in [6.45, 7) is 7.80. The van der Waals surface area contributed by atoms with Crippen molar-refractivity contribution in [3.63, 3.8) is 0 Å². The molecule has 288 valence electrons. The second-order valence-corrected chi connectivity index (χ2v) is 17.2. The maximum Gasteiger partial charge on any atom is 0.407 e. The zero-order chi connectivity index (χ0) is 39.6. The fraction of sp³-hybridized carbons (Fsp3) is 0.447. The highest BCUT2D eigenvalue weighted by atomic mass is 32.2. The lowest BCUT2D eigenvalue weighted by molar-refractivity contribution is -0.127. The Balaban J connectivity index is 2.00. The molecular formula is C38H51N5O9S. The second-order valence-electron chi connectivity index (χ2n) is 14.6. The molecule has 0 saturated carbocycles. The molecule has 15 heteroatoms. The van der Waals surface area contributed by atoms with Gasteiger partial charge in [0.25, 0.3) is 0 Å². The van der Waals surface area contributed by atoms with E-state index < -0.39 is 74.3 Å². The minimum Gasteiger partial charge on any atom is -0.465 e. The van der Waals surface area contributed by atoms with Crippen molar-refractivity contribution < 1.29 is 42.5 Å². The number of hydrogen-bond donors (Lipinski definition) is 6. The molecule has 2 aromatic carbocycles. The Kier molecular flexibility index (Phi) is 14.5. The lowest BCUT2D eigenvalue weighted by Gasteiger charge is -2.35. The number of pyridine rings is 1. The summed E-state index contributed by atoms with van der Waals surface area (Å²) in [5, 5.41) is 31.7.